The lowest BCUT2D eigenvalue weighted by Gasteiger charge is -2.29. The van der Waals surface area contributed by atoms with Gasteiger partial charge >= 0.3 is 0 Å². The van der Waals surface area contributed by atoms with Crippen molar-refractivity contribution < 1.29 is 23.7 Å². The van der Waals surface area contributed by atoms with E-state index in [1.54, 1.807) is 44.6 Å². The van der Waals surface area contributed by atoms with Gasteiger partial charge in [0.2, 0.25) is 5.88 Å². The number of benzene rings is 4. The van der Waals surface area contributed by atoms with Gasteiger partial charge in [-0.05, 0) is 35.2 Å². The van der Waals surface area contributed by atoms with Crippen molar-refractivity contribution >= 4 is 16.7 Å². The van der Waals surface area contributed by atoms with E-state index in [1.165, 1.54) is 7.11 Å². The molecule has 1 amide bonds. The molecule has 7 heteroatoms. The summed E-state index contributed by atoms with van der Waals surface area (Å²) in [6.45, 7) is 0. The van der Waals surface area contributed by atoms with Crippen LogP contribution in [0.2, 0.25) is 0 Å². The van der Waals surface area contributed by atoms with Crippen LogP contribution < -0.4 is 24.3 Å². The van der Waals surface area contributed by atoms with Crippen molar-refractivity contribution in [2.24, 2.45) is 0 Å². The average Bonchev–Trinajstić information content (AvgIpc) is 2.95. The first-order valence-corrected chi connectivity index (χ1v) is 11.6. The predicted octanol–water partition coefficient (Wildman–Crippen LogP) is 5.56. The third-order valence-electron chi connectivity index (χ3n) is 6.40. The van der Waals surface area contributed by atoms with Crippen LogP contribution in [-0.4, -0.2) is 27.2 Å². The number of carbonyl (C=O) groups excluding carboxylic acids is 1. The van der Waals surface area contributed by atoms with E-state index in [1.807, 2.05) is 48.5 Å². The molecule has 0 saturated carbocycles. The van der Waals surface area contributed by atoms with Gasteiger partial charge in [0.25, 0.3) is 5.91 Å². The van der Waals surface area contributed by atoms with Crippen molar-refractivity contribution in [1.29, 1.82) is 5.26 Å². The Bertz CT molecular complexity index is 1580. The van der Waals surface area contributed by atoms with Crippen molar-refractivity contribution in [3.05, 3.63) is 107 Å². The van der Waals surface area contributed by atoms with Gasteiger partial charge in [0.1, 0.15) is 23.1 Å². The Morgan fingerprint density at radius 3 is 2.35 bits per heavy atom. The van der Waals surface area contributed by atoms with Crippen LogP contribution in [-0.2, 0) is 0 Å². The molecular formula is C30H24N2O5. The molecule has 37 heavy (non-hydrogen) atoms. The molecule has 0 unspecified atom stereocenters. The molecule has 4 aromatic carbocycles. The molecule has 0 fully saturated rings. The van der Waals surface area contributed by atoms with Crippen molar-refractivity contribution in [3.8, 4) is 29.1 Å². The van der Waals surface area contributed by atoms with Crippen molar-refractivity contribution in [1.82, 2.24) is 5.32 Å². The highest BCUT2D eigenvalue weighted by molar-refractivity contribution is 5.98. The largest absolute Gasteiger partial charge is 0.496 e. The number of ether oxygens (including phenoxy) is 4. The number of nitrogens with zero attached hydrogens (tertiary/aromatic N) is 1. The van der Waals surface area contributed by atoms with Crippen LogP contribution in [0, 0.1) is 11.3 Å². The summed E-state index contributed by atoms with van der Waals surface area (Å²) in [5.74, 6) is 1.20. The number of hydrogen-bond acceptors (Lipinski definition) is 6. The average molecular weight is 493 g/mol. The Hall–Kier alpha value is -4.96. The second kappa shape index (κ2) is 9.96. The first-order valence-electron chi connectivity index (χ1n) is 11.6. The second-order valence-electron chi connectivity index (χ2n) is 8.36. The molecule has 1 aliphatic heterocycles. The Labute approximate surface area is 214 Å². The number of nitriles is 1. The summed E-state index contributed by atoms with van der Waals surface area (Å²) in [4.78, 5) is 13.3. The van der Waals surface area contributed by atoms with E-state index in [0.717, 1.165) is 21.9 Å². The molecular weight excluding hydrogens is 468 g/mol. The molecule has 0 bridgehead atoms. The van der Waals surface area contributed by atoms with Crippen LogP contribution >= 0.6 is 0 Å². The number of carbonyl (C=O) groups is 1. The molecule has 1 aliphatic rings. The third-order valence-corrected chi connectivity index (χ3v) is 6.40. The van der Waals surface area contributed by atoms with Crippen LogP contribution in [0.4, 0.5) is 0 Å². The zero-order valence-corrected chi connectivity index (χ0v) is 20.6. The van der Waals surface area contributed by atoms with Crippen LogP contribution in [0.25, 0.3) is 10.8 Å². The number of para-hydroxylation sites is 1. The van der Waals surface area contributed by atoms with Crippen molar-refractivity contribution in [3.63, 3.8) is 0 Å². The van der Waals surface area contributed by atoms with Crippen LogP contribution in [0.5, 0.6) is 23.0 Å². The Balaban J connectivity index is 1.69. The monoisotopic (exact) mass is 492 g/mol. The summed E-state index contributed by atoms with van der Waals surface area (Å²) in [5, 5.41) is 15.0. The number of nitrogens with one attached hydrogen (secondary N) is 1. The quantitative estimate of drug-likeness (QED) is 0.379. The third kappa shape index (κ3) is 4.19. The normalized spacial score (nSPS) is 14.3. The van der Waals surface area contributed by atoms with E-state index in [0.29, 0.717) is 28.6 Å². The molecule has 0 aliphatic carbocycles. The molecule has 0 radical (unpaired) electrons. The summed E-state index contributed by atoms with van der Waals surface area (Å²) in [6, 6.07) is 26.4. The summed E-state index contributed by atoms with van der Waals surface area (Å²) in [7, 11) is 4.63. The molecule has 7 nitrogen and oxygen atoms in total. The maximum Gasteiger partial charge on any atom is 0.261 e. The fourth-order valence-corrected chi connectivity index (χ4v) is 4.63. The lowest BCUT2D eigenvalue weighted by atomic mass is 9.82. The van der Waals surface area contributed by atoms with Gasteiger partial charge in [0.15, 0.2) is 11.5 Å². The molecule has 184 valence electrons. The van der Waals surface area contributed by atoms with Gasteiger partial charge in [-0.15, -0.1) is 0 Å². The molecule has 4 aromatic rings. The smallest absolute Gasteiger partial charge is 0.261 e. The van der Waals surface area contributed by atoms with E-state index in [9.17, 15) is 10.1 Å². The first-order chi connectivity index (χ1) is 18.1. The number of hydrogen-bond donors (Lipinski definition) is 1. The van der Waals surface area contributed by atoms with Gasteiger partial charge in [-0.25, -0.2) is 0 Å². The zero-order chi connectivity index (χ0) is 25.9. The summed E-state index contributed by atoms with van der Waals surface area (Å²) in [6.07, 6.45) is 0. The molecule has 0 aromatic heterocycles. The fraction of sp³-hybridized carbons (Fsp3) is 0.133. The second-order valence-corrected chi connectivity index (χ2v) is 8.36. The highest BCUT2D eigenvalue weighted by atomic mass is 16.5. The maximum atomic E-state index is 13.3. The van der Waals surface area contributed by atoms with E-state index in [2.05, 4.69) is 11.4 Å². The minimum absolute atomic E-state index is 0.0713. The standard InChI is InChI=1S/C30H24N2O5/c1-34-24-11-7-6-10-21(24)29(33)32-30-23(17-31)27(19-13-15-25(35-2)26(16-19)36-3)22-14-12-18-8-4-5-9-20(18)28(22)37-30/h4-16,27H,1-3H3,(H,32,33)/t27-/m1/s1. The summed E-state index contributed by atoms with van der Waals surface area (Å²) >= 11 is 0. The molecule has 1 heterocycles. The maximum absolute atomic E-state index is 13.3. The van der Waals surface area contributed by atoms with Gasteiger partial charge in [-0.3, -0.25) is 10.1 Å². The SMILES string of the molecule is COc1ccc([C@H]2C(C#N)=C(NC(=O)c3ccccc3OC)Oc3c2ccc2ccccc32)cc1OC. The highest BCUT2D eigenvalue weighted by Crippen LogP contribution is 2.47. The van der Waals surface area contributed by atoms with Crippen LogP contribution in [0.3, 0.4) is 0 Å². The molecule has 0 spiro atoms. The lowest BCUT2D eigenvalue weighted by molar-refractivity contribution is 0.0945. The fourth-order valence-electron chi connectivity index (χ4n) is 4.63. The molecule has 1 atom stereocenters. The molecule has 5 rings (SSSR count). The summed E-state index contributed by atoms with van der Waals surface area (Å²) < 4.78 is 22.6. The zero-order valence-electron chi connectivity index (χ0n) is 20.6. The topological polar surface area (TPSA) is 89.8 Å². The van der Waals surface area contributed by atoms with Gasteiger partial charge in [-0.1, -0.05) is 54.6 Å². The lowest BCUT2D eigenvalue weighted by Crippen LogP contribution is -2.31. The number of amides is 1. The van der Waals surface area contributed by atoms with E-state index in [4.69, 9.17) is 18.9 Å². The minimum Gasteiger partial charge on any atom is -0.496 e. The van der Waals surface area contributed by atoms with E-state index >= 15 is 0 Å². The van der Waals surface area contributed by atoms with Crippen LogP contribution in [0.1, 0.15) is 27.4 Å². The molecule has 1 N–H and O–H groups in total. The predicted molar refractivity (Wildman–Crippen MR) is 139 cm³/mol. The molecule has 0 saturated heterocycles. The van der Waals surface area contributed by atoms with Gasteiger partial charge in [-0.2, -0.15) is 5.26 Å². The Morgan fingerprint density at radius 2 is 1.59 bits per heavy atom. The van der Waals surface area contributed by atoms with Gasteiger partial charge < -0.3 is 18.9 Å². The highest BCUT2D eigenvalue weighted by Gasteiger charge is 2.34. The first kappa shape index (κ1) is 23.8. The van der Waals surface area contributed by atoms with Gasteiger partial charge in [0.05, 0.1) is 32.8 Å². The number of methoxy groups -OCH3 is 3. The van der Waals surface area contributed by atoms with E-state index in [-0.39, 0.29) is 11.5 Å². The Morgan fingerprint density at radius 1 is 0.865 bits per heavy atom. The van der Waals surface area contributed by atoms with Crippen molar-refractivity contribution in [2.45, 2.75) is 5.92 Å². The number of rotatable bonds is 6. The minimum atomic E-state index is -0.522. The Kier molecular flexibility index (Phi) is 6.40. The number of allylic oxidation sites excluding steroid dienone is 1. The summed E-state index contributed by atoms with van der Waals surface area (Å²) in [5.41, 5.74) is 2.18. The van der Waals surface area contributed by atoms with Gasteiger partial charge in [0, 0.05) is 10.9 Å². The van der Waals surface area contributed by atoms with Crippen LogP contribution in [0.15, 0.2) is 90.3 Å². The number of fused-ring (bicyclic) bond motifs is 3. The van der Waals surface area contributed by atoms with Crippen molar-refractivity contribution in [2.75, 3.05) is 21.3 Å². The van der Waals surface area contributed by atoms with E-state index < -0.39 is 11.8 Å².